The van der Waals surface area contributed by atoms with Crippen molar-refractivity contribution in [1.29, 1.82) is 0 Å². The predicted molar refractivity (Wildman–Crippen MR) is 92.7 cm³/mol. The molecule has 7 heteroatoms. The topological polar surface area (TPSA) is 64.3 Å². The van der Waals surface area contributed by atoms with E-state index in [0.717, 1.165) is 45.7 Å². The van der Waals surface area contributed by atoms with E-state index in [1.165, 1.54) is 12.3 Å². The third-order valence-corrected chi connectivity index (χ3v) is 5.13. The van der Waals surface area contributed by atoms with Gasteiger partial charge in [-0.3, -0.25) is 14.8 Å². The Bertz CT molecular complexity index is 755. The minimum Gasteiger partial charge on any atom is -0.337 e. The molecule has 0 bridgehead atoms. The molecule has 6 nitrogen and oxygen atoms in total. The molecule has 2 saturated heterocycles. The maximum atomic E-state index is 14.1. The number of piperazine rings is 1. The van der Waals surface area contributed by atoms with Gasteiger partial charge in [-0.1, -0.05) is 12.1 Å². The van der Waals surface area contributed by atoms with Crippen molar-refractivity contribution in [2.45, 2.75) is 12.5 Å². The highest BCUT2D eigenvalue weighted by molar-refractivity contribution is 6.00. The number of carbonyl (C=O) groups excluding carboxylic acids is 1. The van der Waals surface area contributed by atoms with E-state index in [9.17, 15) is 9.18 Å². The number of aromatic nitrogens is 2. The number of nitrogens with zero attached hydrogens (tertiary/aromatic N) is 3. The second kappa shape index (κ2) is 6.93. The molecule has 2 aliphatic heterocycles. The normalized spacial score (nSPS) is 21.6. The summed E-state index contributed by atoms with van der Waals surface area (Å²) in [6, 6.07) is 6.85. The van der Waals surface area contributed by atoms with Gasteiger partial charge in [0.15, 0.2) is 0 Å². The zero-order valence-electron chi connectivity index (χ0n) is 14.0. The summed E-state index contributed by atoms with van der Waals surface area (Å²) >= 11 is 0. The molecule has 2 aromatic rings. The van der Waals surface area contributed by atoms with Crippen LogP contribution in [0.5, 0.6) is 0 Å². The van der Waals surface area contributed by atoms with Gasteiger partial charge in [0.1, 0.15) is 5.82 Å². The Labute approximate surface area is 146 Å². The number of amides is 1. The fourth-order valence-electron chi connectivity index (χ4n) is 3.76. The SMILES string of the molecule is O=C(c1cn[nH]c1-c1ccccc1F)N1CCC(N2CCNCC2)C1. The zero-order valence-corrected chi connectivity index (χ0v) is 14.0. The van der Waals surface area contributed by atoms with Gasteiger partial charge in [0.25, 0.3) is 5.91 Å². The van der Waals surface area contributed by atoms with E-state index in [2.05, 4.69) is 20.4 Å². The van der Waals surface area contributed by atoms with Crippen molar-refractivity contribution in [2.24, 2.45) is 0 Å². The standard InChI is InChI=1S/C18H22FN5O/c19-16-4-2-1-3-14(16)17-15(11-21-22-17)18(25)24-8-5-13(12-24)23-9-6-20-7-10-23/h1-4,11,13,20H,5-10,12H2,(H,21,22). The highest BCUT2D eigenvalue weighted by Crippen LogP contribution is 2.26. The van der Waals surface area contributed by atoms with E-state index in [1.807, 2.05) is 4.90 Å². The van der Waals surface area contributed by atoms with Gasteiger partial charge in [0.2, 0.25) is 0 Å². The van der Waals surface area contributed by atoms with Gasteiger partial charge in [0.05, 0.1) is 17.5 Å². The van der Waals surface area contributed by atoms with E-state index in [4.69, 9.17) is 0 Å². The fraction of sp³-hybridized carbons (Fsp3) is 0.444. The van der Waals surface area contributed by atoms with Crippen LogP contribution in [-0.2, 0) is 0 Å². The molecule has 2 N–H and O–H groups in total. The van der Waals surface area contributed by atoms with E-state index >= 15 is 0 Å². The molecule has 1 amide bonds. The smallest absolute Gasteiger partial charge is 0.257 e. The first-order valence-electron chi connectivity index (χ1n) is 8.76. The molecule has 0 radical (unpaired) electrons. The van der Waals surface area contributed by atoms with Crippen molar-refractivity contribution in [2.75, 3.05) is 39.3 Å². The molecule has 0 saturated carbocycles. The van der Waals surface area contributed by atoms with E-state index in [0.29, 0.717) is 22.9 Å². The van der Waals surface area contributed by atoms with Crippen molar-refractivity contribution in [3.63, 3.8) is 0 Å². The number of halogens is 1. The van der Waals surface area contributed by atoms with Crippen LogP contribution in [0.1, 0.15) is 16.8 Å². The van der Waals surface area contributed by atoms with Crippen LogP contribution in [0.4, 0.5) is 4.39 Å². The van der Waals surface area contributed by atoms with Gasteiger partial charge in [0, 0.05) is 50.9 Å². The Morgan fingerprint density at radius 2 is 2.00 bits per heavy atom. The number of benzene rings is 1. The predicted octanol–water partition coefficient (Wildman–Crippen LogP) is 1.34. The molecule has 4 rings (SSSR count). The molecule has 1 aromatic heterocycles. The molecule has 25 heavy (non-hydrogen) atoms. The molecule has 1 unspecified atom stereocenters. The van der Waals surface area contributed by atoms with Crippen LogP contribution >= 0.6 is 0 Å². The molecule has 2 fully saturated rings. The van der Waals surface area contributed by atoms with Gasteiger partial charge in [-0.15, -0.1) is 0 Å². The number of likely N-dealkylation sites (tertiary alicyclic amines) is 1. The summed E-state index contributed by atoms with van der Waals surface area (Å²) in [5.41, 5.74) is 1.26. The molecular weight excluding hydrogens is 321 g/mol. The maximum Gasteiger partial charge on any atom is 0.257 e. The highest BCUT2D eigenvalue weighted by Gasteiger charge is 2.32. The first-order valence-corrected chi connectivity index (χ1v) is 8.76. The van der Waals surface area contributed by atoms with Crippen LogP contribution in [0.2, 0.25) is 0 Å². The van der Waals surface area contributed by atoms with Crippen LogP contribution < -0.4 is 5.32 Å². The van der Waals surface area contributed by atoms with Crippen molar-refractivity contribution in [1.82, 2.24) is 25.3 Å². The minimum absolute atomic E-state index is 0.0790. The van der Waals surface area contributed by atoms with Crippen LogP contribution in [0.15, 0.2) is 30.5 Å². The lowest BCUT2D eigenvalue weighted by atomic mass is 10.1. The molecule has 3 heterocycles. The van der Waals surface area contributed by atoms with Crippen LogP contribution in [0, 0.1) is 5.82 Å². The van der Waals surface area contributed by atoms with Gasteiger partial charge >= 0.3 is 0 Å². The van der Waals surface area contributed by atoms with Crippen LogP contribution in [-0.4, -0.2) is 71.2 Å². The molecular formula is C18H22FN5O. The molecule has 1 atom stereocenters. The number of aromatic amines is 1. The number of H-pyrrole nitrogens is 1. The van der Waals surface area contributed by atoms with E-state index in [1.54, 1.807) is 18.2 Å². The first-order chi connectivity index (χ1) is 12.2. The molecule has 1 aromatic carbocycles. The van der Waals surface area contributed by atoms with Crippen molar-refractivity contribution in [3.05, 3.63) is 41.8 Å². The highest BCUT2D eigenvalue weighted by atomic mass is 19.1. The van der Waals surface area contributed by atoms with Crippen molar-refractivity contribution < 1.29 is 9.18 Å². The largest absolute Gasteiger partial charge is 0.337 e. The summed E-state index contributed by atoms with van der Waals surface area (Å²) in [7, 11) is 0. The quantitative estimate of drug-likeness (QED) is 0.883. The first kappa shape index (κ1) is 16.2. The van der Waals surface area contributed by atoms with Crippen LogP contribution in [0.3, 0.4) is 0 Å². The Kier molecular flexibility index (Phi) is 4.50. The molecule has 0 spiro atoms. The molecule has 0 aliphatic carbocycles. The Morgan fingerprint density at radius 3 is 2.80 bits per heavy atom. The summed E-state index contributed by atoms with van der Waals surface area (Å²) in [4.78, 5) is 17.3. The van der Waals surface area contributed by atoms with Crippen molar-refractivity contribution >= 4 is 5.91 Å². The lowest BCUT2D eigenvalue weighted by Crippen LogP contribution is -2.49. The molecule has 132 valence electrons. The third kappa shape index (κ3) is 3.17. The minimum atomic E-state index is -0.360. The van der Waals surface area contributed by atoms with E-state index in [-0.39, 0.29) is 11.7 Å². The third-order valence-electron chi connectivity index (χ3n) is 5.13. The van der Waals surface area contributed by atoms with Crippen LogP contribution in [0.25, 0.3) is 11.3 Å². The Balaban J connectivity index is 1.51. The second-order valence-electron chi connectivity index (χ2n) is 6.62. The Hall–Kier alpha value is -2.25. The average molecular weight is 343 g/mol. The van der Waals surface area contributed by atoms with E-state index < -0.39 is 0 Å². The summed E-state index contributed by atoms with van der Waals surface area (Å²) in [6.07, 6.45) is 2.49. The van der Waals surface area contributed by atoms with Gasteiger partial charge < -0.3 is 10.2 Å². The lowest BCUT2D eigenvalue weighted by Gasteiger charge is -2.32. The number of hydrogen-bond acceptors (Lipinski definition) is 4. The number of rotatable bonds is 3. The monoisotopic (exact) mass is 343 g/mol. The van der Waals surface area contributed by atoms with Gasteiger partial charge in [-0.05, 0) is 18.6 Å². The molecule has 2 aliphatic rings. The maximum absolute atomic E-state index is 14.1. The summed E-state index contributed by atoms with van der Waals surface area (Å²) in [5, 5.41) is 10.1. The summed E-state index contributed by atoms with van der Waals surface area (Å²) in [6.45, 7) is 5.51. The number of hydrogen-bond donors (Lipinski definition) is 2. The second-order valence-corrected chi connectivity index (χ2v) is 6.62. The average Bonchev–Trinajstić information content (AvgIpc) is 3.32. The van der Waals surface area contributed by atoms with Gasteiger partial charge in [-0.2, -0.15) is 5.10 Å². The Morgan fingerprint density at radius 1 is 1.20 bits per heavy atom. The summed E-state index contributed by atoms with van der Waals surface area (Å²) in [5.74, 6) is -0.439. The number of carbonyl (C=O) groups is 1. The lowest BCUT2D eigenvalue weighted by molar-refractivity contribution is 0.0774. The zero-order chi connectivity index (χ0) is 17.2. The fourth-order valence-corrected chi connectivity index (χ4v) is 3.76. The van der Waals surface area contributed by atoms with Crippen molar-refractivity contribution in [3.8, 4) is 11.3 Å². The number of nitrogens with one attached hydrogen (secondary N) is 2. The summed E-state index contributed by atoms with van der Waals surface area (Å²) < 4.78 is 14.1. The van der Waals surface area contributed by atoms with Gasteiger partial charge in [-0.25, -0.2) is 4.39 Å².